The fraction of sp³-hybridized carbons (Fsp3) is 0.406. The molecular weight excluding hydrogens is 603 g/mol. The second kappa shape index (κ2) is 13.2. The molecule has 0 radical (unpaired) electrons. The van der Waals surface area contributed by atoms with Crippen LogP contribution in [0.5, 0.6) is 0 Å². The minimum absolute atomic E-state index is 0.124. The Balaban J connectivity index is 1.96. The van der Waals surface area contributed by atoms with Crippen molar-refractivity contribution < 1.29 is 24.1 Å². The van der Waals surface area contributed by atoms with Gasteiger partial charge in [0.1, 0.15) is 17.8 Å². The molecule has 4 atom stereocenters. The Morgan fingerprint density at radius 1 is 0.927 bits per heavy atom. The van der Waals surface area contributed by atoms with Gasteiger partial charge in [-0.15, -0.1) is 0 Å². The first kappa shape index (κ1) is 31.5. The summed E-state index contributed by atoms with van der Waals surface area (Å²) >= 11 is 3.41. The normalized spacial score (nSPS) is 20.2. The fourth-order valence-corrected chi connectivity index (χ4v) is 9.16. The molecule has 1 aliphatic heterocycles. The highest BCUT2D eigenvalue weighted by Crippen LogP contribution is 2.48. The number of benzene rings is 3. The summed E-state index contributed by atoms with van der Waals surface area (Å²) in [5.74, 6) is -0.953. The number of halogens is 1. The molecule has 0 spiro atoms. The van der Waals surface area contributed by atoms with Gasteiger partial charge in [-0.3, -0.25) is 4.74 Å². The standard InChI is InChI=1S/C32H40BrN2O5P/c1-31(2,3)40-30(37)34-22-26(28-29(27(36)21-33)39-32(4,5)38-28)35-41(23-15-9-6-10-16-23,24-17-11-7-12-18-24)25-19-13-8-14-20-25/h6-20,26-29,36H,21-22H2,1-5H3,(H,34,37)/t26-,27-,28-,29-/m1/s1. The molecule has 1 amide bonds. The lowest BCUT2D eigenvalue weighted by atomic mass is 10.0. The Bertz CT molecular complexity index is 1230. The minimum Gasteiger partial charge on any atom is -0.444 e. The number of carbonyl (C=O) groups excluding carboxylic acids is 1. The molecule has 3 aromatic rings. The quantitative estimate of drug-likeness (QED) is 0.243. The predicted octanol–water partition coefficient (Wildman–Crippen LogP) is 5.33. The molecule has 1 saturated heterocycles. The number of aliphatic hydroxyl groups excluding tert-OH is 1. The Kier molecular flexibility index (Phi) is 10.1. The summed E-state index contributed by atoms with van der Waals surface area (Å²) in [5, 5.41) is 17.4. The average molecular weight is 644 g/mol. The molecule has 41 heavy (non-hydrogen) atoms. The lowest BCUT2D eigenvalue weighted by molar-refractivity contribution is -0.154. The van der Waals surface area contributed by atoms with Crippen LogP contribution in [0, 0.1) is 0 Å². The van der Waals surface area contributed by atoms with E-state index in [2.05, 4.69) is 57.6 Å². The van der Waals surface area contributed by atoms with Crippen LogP contribution in [-0.2, 0) is 14.2 Å². The van der Waals surface area contributed by atoms with Crippen LogP contribution in [0.1, 0.15) is 34.6 Å². The zero-order valence-corrected chi connectivity index (χ0v) is 26.7. The molecule has 1 fully saturated rings. The second-order valence-electron chi connectivity index (χ2n) is 11.5. The number of hydrogen-bond acceptors (Lipinski definition) is 6. The van der Waals surface area contributed by atoms with Gasteiger partial charge in [-0.2, -0.15) is 0 Å². The first-order valence-electron chi connectivity index (χ1n) is 13.8. The van der Waals surface area contributed by atoms with Crippen LogP contribution in [0.25, 0.3) is 0 Å². The molecule has 9 heteroatoms. The number of nitrogens with zero attached hydrogens (tertiary/aromatic N) is 1. The highest BCUT2D eigenvalue weighted by atomic mass is 79.9. The zero-order valence-electron chi connectivity index (χ0n) is 24.2. The van der Waals surface area contributed by atoms with Gasteiger partial charge in [0.2, 0.25) is 0 Å². The molecule has 7 nitrogen and oxygen atoms in total. The van der Waals surface area contributed by atoms with Crippen molar-refractivity contribution in [1.29, 1.82) is 0 Å². The number of nitrogens with one attached hydrogen (secondary N) is 1. The van der Waals surface area contributed by atoms with Crippen molar-refractivity contribution in [3.05, 3.63) is 91.0 Å². The van der Waals surface area contributed by atoms with E-state index in [4.69, 9.17) is 19.0 Å². The van der Waals surface area contributed by atoms with Gasteiger partial charge < -0.3 is 24.6 Å². The van der Waals surface area contributed by atoms with Gasteiger partial charge >= 0.3 is 6.09 Å². The van der Waals surface area contributed by atoms with Crippen molar-refractivity contribution in [2.75, 3.05) is 11.9 Å². The molecule has 1 heterocycles. The molecule has 0 aromatic heterocycles. The highest BCUT2D eigenvalue weighted by molar-refractivity contribution is 9.09. The maximum atomic E-state index is 12.9. The Labute approximate surface area is 251 Å². The van der Waals surface area contributed by atoms with Gasteiger partial charge in [-0.25, -0.2) is 4.79 Å². The topological polar surface area (TPSA) is 89.4 Å². The number of amides is 1. The van der Waals surface area contributed by atoms with Crippen molar-refractivity contribution in [2.45, 2.75) is 70.4 Å². The van der Waals surface area contributed by atoms with Gasteiger partial charge in [0.25, 0.3) is 0 Å². The molecule has 0 saturated carbocycles. The van der Waals surface area contributed by atoms with Gasteiger partial charge in [0, 0.05) is 27.8 Å². The monoisotopic (exact) mass is 642 g/mol. The van der Waals surface area contributed by atoms with Crippen molar-refractivity contribution in [3.8, 4) is 0 Å². The molecule has 3 aromatic carbocycles. The lowest BCUT2D eigenvalue weighted by Crippen LogP contribution is -2.48. The van der Waals surface area contributed by atoms with Gasteiger partial charge in [0.15, 0.2) is 5.79 Å². The van der Waals surface area contributed by atoms with Crippen molar-refractivity contribution in [2.24, 2.45) is 4.74 Å². The van der Waals surface area contributed by atoms with Crippen LogP contribution in [0.4, 0.5) is 4.79 Å². The van der Waals surface area contributed by atoms with E-state index in [0.29, 0.717) is 5.33 Å². The van der Waals surface area contributed by atoms with Gasteiger partial charge in [-0.1, -0.05) is 107 Å². The largest absolute Gasteiger partial charge is 0.444 e. The average Bonchev–Trinajstić information content (AvgIpc) is 3.28. The Hall–Kier alpha value is -2.48. The van der Waals surface area contributed by atoms with E-state index < -0.39 is 48.9 Å². The Morgan fingerprint density at radius 2 is 1.37 bits per heavy atom. The van der Waals surface area contributed by atoms with Crippen molar-refractivity contribution in [1.82, 2.24) is 5.32 Å². The molecule has 0 bridgehead atoms. The maximum Gasteiger partial charge on any atom is 0.407 e. The number of carbonyl (C=O) groups is 1. The van der Waals surface area contributed by atoms with Crippen molar-refractivity contribution in [3.63, 3.8) is 0 Å². The SMILES string of the molecule is CC(C)(C)OC(=O)NC[C@@H](N=P(c1ccccc1)(c1ccccc1)c1ccccc1)[C@H]1OC(C)(C)O[C@@H]1[C@H](O)CBr. The molecule has 2 N–H and O–H groups in total. The molecular formula is C32H40BrN2O5P. The van der Waals surface area contributed by atoms with Gasteiger partial charge in [0.05, 0.1) is 19.2 Å². The van der Waals surface area contributed by atoms with Crippen LogP contribution in [0.2, 0.25) is 0 Å². The maximum absolute atomic E-state index is 12.9. The summed E-state index contributed by atoms with van der Waals surface area (Å²) in [7, 11) is -2.67. The predicted molar refractivity (Wildman–Crippen MR) is 169 cm³/mol. The van der Waals surface area contributed by atoms with E-state index in [1.165, 1.54) is 0 Å². The van der Waals surface area contributed by atoms with E-state index >= 15 is 0 Å². The molecule has 4 rings (SSSR count). The molecule has 0 aliphatic carbocycles. The number of hydrogen-bond donors (Lipinski definition) is 2. The van der Waals surface area contributed by atoms with Crippen LogP contribution < -0.4 is 21.2 Å². The van der Waals surface area contributed by atoms with E-state index in [0.717, 1.165) is 15.9 Å². The first-order valence-corrected chi connectivity index (χ1v) is 16.7. The van der Waals surface area contributed by atoms with E-state index in [1.54, 1.807) is 0 Å². The third kappa shape index (κ3) is 7.68. The Morgan fingerprint density at radius 3 is 1.78 bits per heavy atom. The summed E-state index contributed by atoms with van der Waals surface area (Å²) in [6, 6.07) is 30.2. The summed E-state index contributed by atoms with van der Waals surface area (Å²) in [5.41, 5.74) is -0.657. The third-order valence-electron chi connectivity index (χ3n) is 6.65. The first-order chi connectivity index (χ1) is 19.4. The summed E-state index contributed by atoms with van der Waals surface area (Å²) in [6.07, 6.45) is -2.72. The summed E-state index contributed by atoms with van der Waals surface area (Å²) in [6.45, 7) is 9.25. The molecule has 220 valence electrons. The minimum atomic E-state index is -2.67. The number of ether oxygens (including phenoxy) is 3. The van der Waals surface area contributed by atoms with Crippen LogP contribution in [0.3, 0.4) is 0 Å². The van der Waals surface area contributed by atoms with E-state index in [-0.39, 0.29) is 6.54 Å². The van der Waals surface area contributed by atoms with Crippen LogP contribution >= 0.6 is 23.0 Å². The molecule has 1 aliphatic rings. The van der Waals surface area contributed by atoms with Crippen molar-refractivity contribution >= 4 is 45.0 Å². The number of aliphatic hydroxyl groups is 1. The number of rotatable bonds is 9. The summed E-state index contributed by atoms with van der Waals surface area (Å²) < 4.78 is 24.0. The smallest absolute Gasteiger partial charge is 0.407 e. The van der Waals surface area contributed by atoms with Crippen LogP contribution in [0.15, 0.2) is 95.7 Å². The second-order valence-corrected chi connectivity index (χ2v) is 15.2. The third-order valence-corrected chi connectivity index (χ3v) is 11.1. The number of alkyl halides is 1. The van der Waals surface area contributed by atoms with Gasteiger partial charge in [-0.05, 0) is 34.6 Å². The zero-order chi connectivity index (χ0) is 29.7. The number of alkyl carbamates (subject to hydrolysis) is 1. The van der Waals surface area contributed by atoms with E-state index in [9.17, 15) is 9.90 Å². The van der Waals surface area contributed by atoms with E-state index in [1.807, 2.05) is 89.2 Å². The lowest BCUT2D eigenvalue weighted by Gasteiger charge is -2.33. The summed E-state index contributed by atoms with van der Waals surface area (Å²) in [4.78, 5) is 12.9. The molecule has 0 unspecified atom stereocenters. The highest BCUT2D eigenvalue weighted by Gasteiger charge is 2.49. The fourth-order valence-electron chi connectivity index (χ4n) is 5.03. The van der Waals surface area contributed by atoms with Crippen LogP contribution in [-0.4, -0.2) is 58.8 Å².